The third-order valence-corrected chi connectivity index (χ3v) is 4.43. The maximum Gasteiger partial charge on any atom is 0.0841 e. The minimum atomic E-state index is 0.679. The molecule has 1 aromatic heterocycles. The van der Waals surface area contributed by atoms with Crippen LogP contribution < -0.4 is 5.32 Å². The van der Waals surface area contributed by atoms with Crippen LogP contribution >= 0.6 is 0 Å². The number of aryl methyl sites for hydroxylation is 1. The normalized spacial score (nSPS) is 20.6. The quantitative estimate of drug-likeness (QED) is 0.926. The summed E-state index contributed by atoms with van der Waals surface area (Å²) in [6.45, 7) is 3.14. The van der Waals surface area contributed by atoms with Gasteiger partial charge in [-0.3, -0.25) is 4.68 Å². The van der Waals surface area contributed by atoms with E-state index in [0.717, 1.165) is 18.8 Å². The zero-order chi connectivity index (χ0) is 13.9. The number of hydrogen-bond acceptors (Lipinski definition) is 3. The van der Waals surface area contributed by atoms with Gasteiger partial charge in [-0.25, -0.2) is 0 Å². The van der Waals surface area contributed by atoms with E-state index in [-0.39, 0.29) is 0 Å². The van der Waals surface area contributed by atoms with Gasteiger partial charge in [-0.05, 0) is 32.5 Å². The molecule has 4 heteroatoms. The number of nitrogens with zero attached hydrogens (tertiary/aromatic N) is 3. The second-order valence-electron chi connectivity index (χ2n) is 5.85. The minimum Gasteiger partial charge on any atom is -0.310 e. The second-order valence-corrected chi connectivity index (χ2v) is 5.85. The largest absolute Gasteiger partial charge is 0.310 e. The molecule has 1 N–H and O–H groups in total. The zero-order valence-electron chi connectivity index (χ0n) is 12.5. The Hall–Kier alpha value is -1.39. The molecular weight excluding hydrogens is 248 g/mol. The molecule has 1 fully saturated rings. The first-order valence-corrected chi connectivity index (χ1v) is 7.57. The van der Waals surface area contributed by atoms with E-state index in [0.29, 0.717) is 6.04 Å². The van der Waals surface area contributed by atoms with Gasteiger partial charge in [0.15, 0.2) is 0 Å². The number of hydrogen-bond donors (Lipinski definition) is 1. The highest BCUT2D eigenvalue weighted by Crippen LogP contribution is 2.18. The van der Waals surface area contributed by atoms with Gasteiger partial charge >= 0.3 is 0 Å². The lowest BCUT2D eigenvalue weighted by atomic mass is 10.0. The first-order valence-electron chi connectivity index (χ1n) is 7.57. The molecule has 108 valence electrons. The fraction of sp³-hybridized carbons (Fsp3) is 0.562. The third kappa shape index (κ3) is 2.72. The molecule has 1 aliphatic heterocycles. The summed E-state index contributed by atoms with van der Waals surface area (Å²) in [7, 11) is 4.25. The number of piperidine rings is 1. The molecule has 0 saturated carbocycles. The number of aromatic nitrogens is 2. The molecule has 3 rings (SSSR count). The molecule has 1 aromatic carbocycles. The number of likely N-dealkylation sites (tertiary alicyclic amines) is 1. The van der Waals surface area contributed by atoms with Crippen molar-refractivity contribution in [2.45, 2.75) is 31.8 Å². The predicted molar refractivity (Wildman–Crippen MR) is 82.7 cm³/mol. The predicted octanol–water partition coefficient (Wildman–Crippen LogP) is 2.15. The summed E-state index contributed by atoms with van der Waals surface area (Å²) in [5.74, 6) is 0. The van der Waals surface area contributed by atoms with Crippen LogP contribution in [0.15, 0.2) is 24.3 Å². The van der Waals surface area contributed by atoms with Crippen LogP contribution in [0.25, 0.3) is 10.9 Å². The van der Waals surface area contributed by atoms with Gasteiger partial charge < -0.3 is 10.2 Å². The van der Waals surface area contributed by atoms with E-state index >= 15 is 0 Å². The monoisotopic (exact) mass is 272 g/mol. The lowest BCUT2D eigenvalue weighted by Gasteiger charge is -2.32. The van der Waals surface area contributed by atoms with Gasteiger partial charge in [0.25, 0.3) is 0 Å². The van der Waals surface area contributed by atoms with Crippen molar-refractivity contribution < 1.29 is 0 Å². The standard InChI is InChI=1S/C16H24N4/c1-19-10-6-5-7-13(19)11-17-12-15-14-8-3-4-9-16(14)20(2)18-15/h3-4,8-9,13,17H,5-7,10-12H2,1-2H3. The van der Waals surface area contributed by atoms with Crippen molar-refractivity contribution >= 4 is 10.9 Å². The summed E-state index contributed by atoms with van der Waals surface area (Å²) < 4.78 is 1.97. The lowest BCUT2D eigenvalue weighted by Crippen LogP contribution is -2.42. The SMILES string of the molecule is CN1CCCCC1CNCc1nn(C)c2ccccc12. The van der Waals surface area contributed by atoms with E-state index in [2.05, 4.69) is 46.6 Å². The Bertz CT molecular complexity index is 575. The van der Waals surface area contributed by atoms with E-state index in [1.54, 1.807) is 0 Å². The summed E-state index contributed by atoms with van der Waals surface area (Å²) in [6, 6.07) is 9.12. The number of likely N-dealkylation sites (N-methyl/N-ethyl adjacent to an activating group) is 1. The van der Waals surface area contributed by atoms with Crippen molar-refractivity contribution in [3.8, 4) is 0 Å². The number of fused-ring (bicyclic) bond motifs is 1. The highest BCUT2D eigenvalue weighted by molar-refractivity contribution is 5.81. The molecule has 4 nitrogen and oxygen atoms in total. The van der Waals surface area contributed by atoms with E-state index in [4.69, 9.17) is 0 Å². The van der Waals surface area contributed by atoms with Gasteiger partial charge in [-0.1, -0.05) is 24.6 Å². The topological polar surface area (TPSA) is 33.1 Å². The fourth-order valence-corrected chi connectivity index (χ4v) is 3.18. The number of benzene rings is 1. The molecule has 2 heterocycles. The van der Waals surface area contributed by atoms with Gasteiger partial charge in [0.1, 0.15) is 0 Å². The van der Waals surface area contributed by atoms with Crippen molar-refractivity contribution in [2.75, 3.05) is 20.1 Å². The number of para-hydroxylation sites is 1. The maximum absolute atomic E-state index is 4.63. The van der Waals surface area contributed by atoms with Gasteiger partial charge in [-0.2, -0.15) is 5.10 Å². The number of rotatable bonds is 4. The summed E-state index contributed by atoms with van der Waals surface area (Å²) in [4.78, 5) is 2.48. The van der Waals surface area contributed by atoms with Crippen molar-refractivity contribution in [2.24, 2.45) is 7.05 Å². The van der Waals surface area contributed by atoms with Crippen LogP contribution in [0.4, 0.5) is 0 Å². The summed E-state index contributed by atoms with van der Waals surface area (Å²) in [6.07, 6.45) is 4.02. The van der Waals surface area contributed by atoms with Crippen LogP contribution in [0.5, 0.6) is 0 Å². The second kappa shape index (κ2) is 5.94. The lowest BCUT2D eigenvalue weighted by molar-refractivity contribution is 0.181. The summed E-state index contributed by atoms with van der Waals surface area (Å²) in [5, 5.41) is 9.49. The molecule has 1 aliphatic rings. The van der Waals surface area contributed by atoms with Crippen molar-refractivity contribution in [1.29, 1.82) is 0 Å². The Morgan fingerprint density at radius 2 is 2.10 bits per heavy atom. The summed E-state index contributed by atoms with van der Waals surface area (Å²) >= 11 is 0. The van der Waals surface area contributed by atoms with Crippen LogP contribution in [0.3, 0.4) is 0 Å². The van der Waals surface area contributed by atoms with Gasteiger partial charge in [0, 0.05) is 31.6 Å². The Morgan fingerprint density at radius 3 is 2.95 bits per heavy atom. The van der Waals surface area contributed by atoms with Crippen molar-refractivity contribution in [3.05, 3.63) is 30.0 Å². The van der Waals surface area contributed by atoms with Crippen LogP contribution in [0.1, 0.15) is 25.0 Å². The van der Waals surface area contributed by atoms with Gasteiger partial charge in [0.2, 0.25) is 0 Å². The highest BCUT2D eigenvalue weighted by Gasteiger charge is 2.18. The molecule has 0 spiro atoms. The Kier molecular flexibility index (Phi) is 4.03. The maximum atomic E-state index is 4.63. The molecular formula is C16H24N4. The molecule has 0 amide bonds. The van der Waals surface area contributed by atoms with Gasteiger partial charge in [-0.15, -0.1) is 0 Å². The summed E-state index contributed by atoms with van der Waals surface area (Å²) in [5.41, 5.74) is 2.36. The molecule has 1 unspecified atom stereocenters. The minimum absolute atomic E-state index is 0.679. The number of nitrogens with one attached hydrogen (secondary N) is 1. The van der Waals surface area contributed by atoms with Crippen LogP contribution in [-0.2, 0) is 13.6 Å². The van der Waals surface area contributed by atoms with E-state index in [9.17, 15) is 0 Å². The average Bonchev–Trinajstić information content (AvgIpc) is 2.78. The molecule has 1 atom stereocenters. The Morgan fingerprint density at radius 1 is 1.25 bits per heavy atom. The van der Waals surface area contributed by atoms with E-state index in [1.807, 2.05) is 11.7 Å². The molecule has 1 saturated heterocycles. The first-order chi connectivity index (χ1) is 9.75. The zero-order valence-corrected chi connectivity index (χ0v) is 12.5. The average molecular weight is 272 g/mol. The molecule has 0 bridgehead atoms. The Labute approximate surface area is 120 Å². The highest BCUT2D eigenvalue weighted by atomic mass is 15.3. The van der Waals surface area contributed by atoms with Crippen molar-refractivity contribution in [1.82, 2.24) is 20.0 Å². The van der Waals surface area contributed by atoms with E-state index < -0.39 is 0 Å². The molecule has 0 aliphatic carbocycles. The fourth-order valence-electron chi connectivity index (χ4n) is 3.18. The van der Waals surface area contributed by atoms with Crippen molar-refractivity contribution in [3.63, 3.8) is 0 Å². The molecule has 2 aromatic rings. The molecule has 0 radical (unpaired) electrons. The van der Waals surface area contributed by atoms with Crippen LogP contribution in [0, 0.1) is 0 Å². The first kappa shape index (κ1) is 13.6. The Balaban J connectivity index is 1.62. The smallest absolute Gasteiger partial charge is 0.0841 e. The van der Waals surface area contributed by atoms with Gasteiger partial charge in [0.05, 0.1) is 11.2 Å². The van der Waals surface area contributed by atoms with Crippen LogP contribution in [-0.4, -0.2) is 40.9 Å². The molecule has 20 heavy (non-hydrogen) atoms. The third-order valence-electron chi connectivity index (χ3n) is 4.43. The van der Waals surface area contributed by atoms with E-state index in [1.165, 1.54) is 36.7 Å². The van der Waals surface area contributed by atoms with Crippen LogP contribution in [0.2, 0.25) is 0 Å².